The molecule has 140 valence electrons. The Morgan fingerprint density at radius 1 is 1.33 bits per heavy atom. The minimum Gasteiger partial charge on any atom is -0.381 e. The van der Waals surface area contributed by atoms with Crippen LogP contribution in [-0.2, 0) is 28.5 Å². The molecule has 11 heteroatoms. The Balaban J connectivity index is 1.80. The summed E-state index contributed by atoms with van der Waals surface area (Å²) >= 11 is 0. The van der Waals surface area contributed by atoms with Gasteiger partial charge in [-0.25, -0.2) is 4.39 Å². The summed E-state index contributed by atoms with van der Waals surface area (Å²) in [6, 6.07) is 0. The number of halogens is 4. The van der Waals surface area contributed by atoms with Gasteiger partial charge in [0.05, 0.1) is 33.0 Å². The van der Waals surface area contributed by atoms with E-state index in [2.05, 4.69) is 4.18 Å². The van der Waals surface area contributed by atoms with Crippen molar-refractivity contribution < 1.29 is 44.4 Å². The lowest BCUT2D eigenvalue weighted by Crippen LogP contribution is -2.37. The lowest BCUT2D eigenvalue weighted by atomic mass is 9.91. The van der Waals surface area contributed by atoms with Crippen molar-refractivity contribution in [1.29, 1.82) is 0 Å². The second kappa shape index (κ2) is 7.54. The smallest absolute Gasteiger partial charge is 0.381 e. The molecular weight excluding hydrogens is 360 g/mol. The molecule has 0 N–H and O–H groups in total. The molecule has 0 saturated carbocycles. The number of rotatable bonds is 6. The fourth-order valence-corrected chi connectivity index (χ4v) is 2.78. The summed E-state index contributed by atoms with van der Waals surface area (Å²) in [5.41, 5.74) is -7.30. The summed E-state index contributed by atoms with van der Waals surface area (Å²) in [5.74, 6) is -0.412. The van der Waals surface area contributed by atoms with Gasteiger partial charge in [-0.05, 0) is 12.5 Å². The molecule has 2 aliphatic rings. The lowest BCUT2D eigenvalue weighted by Gasteiger charge is -2.29. The van der Waals surface area contributed by atoms with E-state index in [1.54, 1.807) is 0 Å². The van der Waals surface area contributed by atoms with Crippen molar-refractivity contribution in [2.75, 3.05) is 33.0 Å². The van der Waals surface area contributed by atoms with Crippen molar-refractivity contribution in [2.45, 2.75) is 36.5 Å². The summed E-state index contributed by atoms with van der Waals surface area (Å²) < 4.78 is 92.7. The quantitative estimate of drug-likeness (QED) is 0.400. The maximum Gasteiger partial charge on any atom is 0.534 e. The summed E-state index contributed by atoms with van der Waals surface area (Å²) in [6.45, 7) is 1.15. The van der Waals surface area contributed by atoms with Crippen LogP contribution < -0.4 is 0 Å². The average molecular weight is 378 g/mol. The van der Waals surface area contributed by atoms with Gasteiger partial charge in [-0.3, -0.25) is 0 Å². The Hall–Kier alpha value is -0.910. The third kappa shape index (κ3) is 5.30. The Morgan fingerprint density at radius 3 is 2.62 bits per heavy atom. The third-order valence-electron chi connectivity index (χ3n) is 3.56. The van der Waals surface area contributed by atoms with E-state index in [0.29, 0.717) is 19.8 Å². The molecule has 0 bridgehead atoms. The van der Waals surface area contributed by atoms with Gasteiger partial charge in [0.2, 0.25) is 0 Å². The fraction of sp³-hybridized carbons (Fsp3) is 0.846. The Morgan fingerprint density at radius 2 is 2.08 bits per heavy atom. The highest BCUT2D eigenvalue weighted by Crippen LogP contribution is 2.35. The van der Waals surface area contributed by atoms with Crippen LogP contribution in [0.3, 0.4) is 0 Å². The highest BCUT2D eigenvalue weighted by Gasteiger charge is 2.49. The molecule has 0 spiro atoms. The molecule has 1 aliphatic carbocycles. The number of alkyl halides is 4. The minimum absolute atomic E-state index is 0.140. The predicted octanol–water partition coefficient (Wildman–Crippen LogP) is 2.06. The van der Waals surface area contributed by atoms with Gasteiger partial charge in [0.15, 0.2) is 0 Å². The van der Waals surface area contributed by atoms with Gasteiger partial charge in [0.1, 0.15) is 17.5 Å². The SMILES string of the molecule is O=S(=O)(OC1=CCC(F)(COC[C@H]2COCCO2)CC1)C(F)(F)F. The zero-order valence-electron chi connectivity index (χ0n) is 12.7. The molecule has 2 rings (SSSR count). The van der Waals surface area contributed by atoms with Gasteiger partial charge in [0.25, 0.3) is 0 Å². The van der Waals surface area contributed by atoms with Crippen LogP contribution >= 0.6 is 0 Å². The summed E-state index contributed by atoms with van der Waals surface area (Å²) in [7, 11) is -5.72. The maximum absolute atomic E-state index is 14.5. The first-order chi connectivity index (χ1) is 11.1. The van der Waals surface area contributed by atoms with E-state index in [-0.39, 0.29) is 38.6 Å². The van der Waals surface area contributed by atoms with Crippen molar-refractivity contribution in [1.82, 2.24) is 0 Å². The summed E-state index contributed by atoms with van der Waals surface area (Å²) in [4.78, 5) is 0. The van der Waals surface area contributed by atoms with E-state index in [9.17, 15) is 26.0 Å². The van der Waals surface area contributed by atoms with E-state index in [4.69, 9.17) is 14.2 Å². The average Bonchev–Trinajstić information content (AvgIpc) is 2.50. The first-order valence-electron chi connectivity index (χ1n) is 7.27. The zero-order valence-corrected chi connectivity index (χ0v) is 13.5. The van der Waals surface area contributed by atoms with Gasteiger partial charge in [-0.1, -0.05) is 0 Å². The van der Waals surface area contributed by atoms with E-state index in [1.807, 2.05) is 0 Å². The van der Waals surface area contributed by atoms with Crippen molar-refractivity contribution >= 4 is 10.1 Å². The van der Waals surface area contributed by atoms with E-state index < -0.39 is 27.1 Å². The van der Waals surface area contributed by atoms with Gasteiger partial charge >= 0.3 is 15.6 Å². The molecule has 0 radical (unpaired) electrons. The minimum atomic E-state index is -5.72. The van der Waals surface area contributed by atoms with Crippen LogP contribution in [0.1, 0.15) is 19.3 Å². The zero-order chi connectivity index (χ0) is 17.8. The van der Waals surface area contributed by atoms with Crippen molar-refractivity contribution in [3.63, 3.8) is 0 Å². The van der Waals surface area contributed by atoms with Crippen LogP contribution in [0.4, 0.5) is 17.6 Å². The molecule has 6 nitrogen and oxygen atoms in total. The predicted molar refractivity (Wildman–Crippen MR) is 73.2 cm³/mol. The van der Waals surface area contributed by atoms with E-state index >= 15 is 0 Å². The summed E-state index contributed by atoms with van der Waals surface area (Å²) in [5, 5.41) is 0. The van der Waals surface area contributed by atoms with Crippen LogP contribution in [0, 0.1) is 0 Å². The number of allylic oxidation sites excluding steroid dienone is 2. The van der Waals surface area contributed by atoms with Gasteiger partial charge in [-0.2, -0.15) is 21.6 Å². The van der Waals surface area contributed by atoms with Crippen LogP contribution in [0.5, 0.6) is 0 Å². The molecule has 1 fully saturated rings. The van der Waals surface area contributed by atoms with Crippen molar-refractivity contribution in [3.05, 3.63) is 11.8 Å². The molecule has 1 aliphatic heterocycles. The molecule has 1 unspecified atom stereocenters. The molecular formula is C13H18F4O6S. The van der Waals surface area contributed by atoms with Crippen molar-refractivity contribution in [2.24, 2.45) is 0 Å². The summed E-state index contributed by atoms with van der Waals surface area (Å²) in [6.07, 6.45) is -0.0297. The molecule has 0 aromatic carbocycles. The highest BCUT2D eigenvalue weighted by atomic mass is 32.2. The Labute approximate surface area is 136 Å². The maximum atomic E-state index is 14.5. The van der Waals surface area contributed by atoms with Crippen LogP contribution in [0.15, 0.2) is 11.8 Å². The molecule has 1 saturated heterocycles. The first-order valence-corrected chi connectivity index (χ1v) is 8.68. The van der Waals surface area contributed by atoms with Gasteiger partial charge < -0.3 is 18.4 Å². The fourth-order valence-electron chi connectivity index (χ4n) is 2.25. The van der Waals surface area contributed by atoms with E-state index in [0.717, 1.165) is 6.08 Å². The van der Waals surface area contributed by atoms with Crippen LogP contribution in [0.25, 0.3) is 0 Å². The van der Waals surface area contributed by atoms with Crippen LogP contribution in [0.2, 0.25) is 0 Å². The molecule has 24 heavy (non-hydrogen) atoms. The normalized spacial score (nSPS) is 29.2. The number of hydrogen-bond acceptors (Lipinski definition) is 6. The monoisotopic (exact) mass is 378 g/mol. The van der Waals surface area contributed by atoms with Gasteiger partial charge in [-0.15, -0.1) is 0 Å². The largest absolute Gasteiger partial charge is 0.534 e. The molecule has 0 aromatic rings. The topological polar surface area (TPSA) is 71.1 Å². The molecule has 1 heterocycles. The highest BCUT2D eigenvalue weighted by molar-refractivity contribution is 7.87. The van der Waals surface area contributed by atoms with Crippen molar-refractivity contribution in [3.8, 4) is 0 Å². The second-order valence-electron chi connectivity index (χ2n) is 5.59. The number of hydrogen-bond donors (Lipinski definition) is 0. The molecule has 0 aromatic heterocycles. The Bertz CT molecular complexity index is 555. The Kier molecular flexibility index (Phi) is 6.10. The third-order valence-corrected chi connectivity index (χ3v) is 4.57. The number of ether oxygens (including phenoxy) is 3. The first kappa shape index (κ1) is 19.4. The van der Waals surface area contributed by atoms with Gasteiger partial charge in [0, 0.05) is 12.8 Å². The lowest BCUT2D eigenvalue weighted by molar-refractivity contribution is -0.124. The van der Waals surface area contributed by atoms with E-state index in [1.165, 1.54) is 0 Å². The molecule has 2 atom stereocenters. The standard InChI is InChI=1S/C13H18F4O6S/c14-12(9-21-8-11-7-20-5-6-22-11)3-1-10(2-4-12)23-24(18,19)13(15,16)17/h1,11H,2-9H2/t11-,12?/m1/s1. The van der Waals surface area contributed by atoms with Crippen LogP contribution in [-0.4, -0.2) is 58.7 Å². The molecule has 0 amide bonds. The second-order valence-corrected chi connectivity index (χ2v) is 7.13.